The van der Waals surface area contributed by atoms with Crippen LogP contribution in [-0.4, -0.2) is 55.4 Å². The molecular weight excluding hydrogens is 464 g/mol. The molecule has 0 aliphatic rings. The molecule has 0 aliphatic heterocycles. The predicted octanol–water partition coefficient (Wildman–Crippen LogP) is 3.03. The Hall–Kier alpha value is -3.79. The Kier molecular flexibility index (Phi) is 8.31. The van der Waals surface area contributed by atoms with Gasteiger partial charge in [-0.1, -0.05) is 16.8 Å². The molecular formula is C23H25ClN4O6. The molecule has 0 fully saturated rings. The summed E-state index contributed by atoms with van der Waals surface area (Å²) in [5, 5.41) is 9.74. The Bertz CT molecular complexity index is 1170. The largest absolute Gasteiger partial charge is 0.493 e. The van der Waals surface area contributed by atoms with Gasteiger partial charge in [0.1, 0.15) is 5.75 Å². The van der Waals surface area contributed by atoms with E-state index in [4.69, 9.17) is 30.3 Å². The van der Waals surface area contributed by atoms with Crippen molar-refractivity contribution >= 4 is 23.4 Å². The van der Waals surface area contributed by atoms with Crippen LogP contribution in [0.3, 0.4) is 0 Å². The highest BCUT2D eigenvalue weighted by Gasteiger charge is 2.18. The molecule has 0 saturated heterocycles. The second-order valence-electron chi connectivity index (χ2n) is 7.21. The molecule has 0 radical (unpaired) electrons. The van der Waals surface area contributed by atoms with Gasteiger partial charge in [0.25, 0.3) is 5.91 Å². The van der Waals surface area contributed by atoms with Crippen molar-refractivity contribution in [2.45, 2.75) is 20.0 Å². The summed E-state index contributed by atoms with van der Waals surface area (Å²) in [6, 6.07) is 10.3. The van der Waals surface area contributed by atoms with Crippen molar-refractivity contribution in [3.05, 3.63) is 52.9 Å². The average molecular weight is 489 g/mol. The van der Waals surface area contributed by atoms with Crippen LogP contribution in [0, 0.1) is 6.92 Å². The van der Waals surface area contributed by atoms with Crippen LogP contribution in [0.5, 0.6) is 17.2 Å². The smallest absolute Gasteiger partial charge is 0.316 e. The maximum atomic E-state index is 12.3. The molecule has 1 unspecified atom stereocenters. The number of hydrogen-bond acceptors (Lipinski definition) is 8. The zero-order valence-electron chi connectivity index (χ0n) is 19.2. The van der Waals surface area contributed by atoms with Gasteiger partial charge in [0.2, 0.25) is 5.82 Å². The quantitative estimate of drug-likeness (QED) is 0.417. The Morgan fingerprint density at radius 2 is 1.74 bits per heavy atom. The van der Waals surface area contributed by atoms with Gasteiger partial charge in [-0.2, -0.15) is 4.98 Å². The minimum atomic E-state index is -0.726. The van der Waals surface area contributed by atoms with Crippen molar-refractivity contribution in [2.75, 3.05) is 27.3 Å². The summed E-state index contributed by atoms with van der Waals surface area (Å²) in [6.45, 7) is 3.82. The van der Waals surface area contributed by atoms with Gasteiger partial charge in [-0.3, -0.25) is 9.59 Å². The minimum absolute atomic E-state index is 0.158. The summed E-state index contributed by atoms with van der Waals surface area (Å²) in [6.07, 6.45) is -0.726. The lowest BCUT2D eigenvalue weighted by atomic mass is 10.2. The first-order valence-electron chi connectivity index (χ1n) is 10.4. The van der Waals surface area contributed by atoms with E-state index in [1.54, 1.807) is 43.3 Å². The lowest BCUT2D eigenvalue weighted by molar-refractivity contribution is -0.127. The normalized spacial score (nSPS) is 11.4. The van der Waals surface area contributed by atoms with E-state index < -0.39 is 12.0 Å². The van der Waals surface area contributed by atoms with Crippen LogP contribution in [0.1, 0.15) is 23.2 Å². The van der Waals surface area contributed by atoms with E-state index in [0.717, 1.165) is 5.56 Å². The lowest BCUT2D eigenvalue weighted by Crippen LogP contribution is -2.40. The molecule has 3 rings (SSSR count). The zero-order valence-corrected chi connectivity index (χ0v) is 19.9. The summed E-state index contributed by atoms with van der Waals surface area (Å²) < 4.78 is 21.2. The van der Waals surface area contributed by atoms with Crippen LogP contribution in [0.4, 0.5) is 0 Å². The topological polar surface area (TPSA) is 125 Å². The van der Waals surface area contributed by atoms with Crippen LogP contribution in [0.15, 0.2) is 40.9 Å². The number of benzene rings is 2. The molecule has 34 heavy (non-hydrogen) atoms. The third-order valence-corrected chi connectivity index (χ3v) is 5.02. The van der Waals surface area contributed by atoms with E-state index in [1.807, 2.05) is 6.92 Å². The number of rotatable bonds is 10. The molecule has 1 heterocycles. The first kappa shape index (κ1) is 24.8. The van der Waals surface area contributed by atoms with Crippen LogP contribution in [0.25, 0.3) is 11.4 Å². The molecule has 0 spiro atoms. The SMILES string of the molecule is COc1ccc(-c2noc(C(=O)NCCNC(=O)C(C)Oc3ccc(Cl)cc3C)n2)cc1OC. The van der Waals surface area contributed by atoms with Crippen molar-refractivity contribution in [3.8, 4) is 28.6 Å². The van der Waals surface area contributed by atoms with Gasteiger partial charge in [-0.05, 0) is 55.8 Å². The number of nitrogens with one attached hydrogen (secondary N) is 2. The predicted molar refractivity (Wildman–Crippen MR) is 124 cm³/mol. The second kappa shape index (κ2) is 11.4. The van der Waals surface area contributed by atoms with Gasteiger partial charge in [-0.25, -0.2) is 0 Å². The van der Waals surface area contributed by atoms with Gasteiger partial charge < -0.3 is 29.4 Å². The molecule has 11 heteroatoms. The fraction of sp³-hybridized carbons (Fsp3) is 0.304. The Labute approximate surface area is 201 Å². The number of halogens is 1. The lowest BCUT2D eigenvalue weighted by Gasteiger charge is -2.16. The molecule has 1 atom stereocenters. The Morgan fingerprint density at radius 1 is 1.03 bits per heavy atom. The standard InChI is InChI=1S/C23H25ClN4O6/c1-13-11-16(24)6-8-17(13)33-14(2)21(29)25-9-10-26-22(30)23-27-20(28-34-23)15-5-7-18(31-3)19(12-15)32-4/h5-8,11-12,14H,9-10H2,1-4H3,(H,25,29)(H,26,30). The summed E-state index contributed by atoms with van der Waals surface area (Å²) in [7, 11) is 3.05. The van der Waals surface area contributed by atoms with Gasteiger partial charge in [0, 0.05) is 23.7 Å². The fourth-order valence-electron chi connectivity index (χ4n) is 2.98. The van der Waals surface area contributed by atoms with E-state index >= 15 is 0 Å². The molecule has 2 N–H and O–H groups in total. The van der Waals surface area contributed by atoms with E-state index in [2.05, 4.69) is 20.8 Å². The molecule has 2 aromatic carbocycles. The van der Waals surface area contributed by atoms with Crippen molar-refractivity contribution in [1.29, 1.82) is 0 Å². The van der Waals surface area contributed by atoms with Gasteiger partial charge in [0.15, 0.2) is 17.6 Å². The maximum absolute atomic E-state index is 12.3. The molecule has 2 amide bonds. The van der Waals surface area contributed by atoms with Crippen molar-refractivity contribution in [1.82, 2.24) is 20.8 Å². The monoisotopic (exact) mass is 488 g/mol. The van der Waals surface area contributed by atoms with Crippen LogP contribution >= 0.6 is 11.6 Å². The van der Waals surface area contributed by atoms with Gasteiger partial charge in [0.05, 0.1) is 14.2 Å². The summed E-state index contributed by atoms with van der Waals surface area (Å²) in [5.41, 5.74) is 1.42. The number of amides is 2. The molecule has 1 aromatic heterocycles. The highest BCUT2D eigenvalue weighted by Crippen LogP contribution is 2.31. The van der Waals surface area contributed by atoms with Crippen molar-refractivity contribution in [3.63, 3.8) is 0 Å². The number of methoxy groups -OCH3 is 2. The third-order valence-electron chi connectivity index (χ3n) is 4.78. The van der Waals surface area contributed by atoms with Crippen molar-refractivity contribution in [2.24, 2.45) is 0 Å². The third kappa shape index (κ3) is 6.16. The molecule has 180 valence electrons. The fourth-order valence-corrected chi connectivity index (χ4v) is 3.21. The summed E-state index contributed by atoms with van der Waals surface area (Å²) >= 11 is 5.93. The minimum Gasteiger partial charge on any atom is -0.493 e. The average Bonchev–Trinajstić information content (AvgIpc) is 3.33. The summed E-state index contributed by atoms with van der Waals surface area (Å²) in [5.74, 6) is 0.761. The number of ether oxygens (including phenoxy) is 3. The number of nitrogens with zero attached hydrogens (tertiary/aromatic N) is 2. The van der Waals surface area contributed by atoms with Crippen LogP contribution in [-0.2, 0) is 4.79 Å². The Balaban J connectivity index is 1.47. The van der Waals surface area contributed by atoms with Gasteiger partial charge in [-0.15, -0.1) is 0 Å². The highest BCUT2D eigenvalue weighted by molar-refractivity contribution is 6.30. The number of aryl methyl sites for hydroxylation is 1. The Morgan fingerprint density at radius 3 is 2.44 bits per heavy atom. The van der Waals surface area contributed by atoms with Crippen LogP contribution < -0.4 is 24.8 Å². The molecule has 0 aliphatic carbocycles. The highest BCUT2D eigenvalue weighted by atomic mass is 35.5. The van der Waals surface area contributed by atoms with Crippen LogP contribution in [0.2, 0.25) is 5.02 Å². The second-order valence-corrected chi connectivity index (χ2v) is 7.65. The van der Waals surface area contributed by atoms with E-state index in [-0.39, 0.29) is 30.7 Å². The number of hydrogen-bond donors (Lipinski definition) is 2. The van der Waals surface area contributed by atoms with E-state index in [0.29, 0.717) is 27.8 Å². The molecule has 3 aromatic rings. The van der Waals surface area contributed by atoms with E-state index in [9.17, 15) is 9.59 Å². The zero-order chi connectivity index (χ0) is 24.7. The van der Waals surface area contributed by atoms with Crippen molar-refractivity contribution < 1.29 is 28.3 Å². The maximum Gasteiger partial charge on any atom is 0.316 e. The number of carbonyl (C=O) groups excluding carboxylic acids is 2. The van der Waals surface area contributed by atoms with E-state index in [1.165, 1.54) is 14.2 Å². The number of carbonyl (C=O) groups is 2. The number of aromatic nitrogens is 2. The molecule has 10 nitrogen and oxygen atoms in total. The van der Waals surface area contributed by atoms with Gasteiger partial charge >= 0.3 is 11.8 Å². The summed E-state index contributed by atoms with van der Waals surface area (Å²) in [4.78, 5) is 28.7. The first-order chi connectivity index (χ1) is 16.3. The molecule has 0 bridgehead atoms. The molecule has 0 saturated carbocycles. The first-order valence-corrected chi connectivity index (χ1v) is 10.7.